The van der Waals surface area contributed by atoms with Crippen LogP contribution in [-0.4, -0.2) is 11.5 Å². The Labute approximate surface area is 76.1 Å². The second-order valence-corrected chi connectivity index (χ2v) is 3.41. The summed E-state index contributed by atoms with van der Waals surface area (Å²) in [5.74, 6) is 0. The molecular weight excluding hydrogens is 170 g/mol. The lowest BCUT2D eigenvalue weighted by molar-refractivity contribution is 0.590. The van der Waals surface area contributed by atoms with Gasteiger partial charge in [-0.25, -0.2) is 0 Å². The van der Waals surface area contributed by atoms with Gasteiger partial charge in [0.1, 0.15) is 0 Å². The maximum absolute atomic E-state index is 8.31. The molecule has 1 aromatic rings. The van der Waals surface area contributed by atoms with Gasteiger partial charge in [0.05, 0.1) is 11.6 Å². The average Bonchev–Trinajstić information content (AvgIpc) is 2.56. The summed E-state index contributed by atoms with van der Waals surface area (Å²) in [6, 6.07) is 2.40. The van der Waals surface area contributed by atoms with Crippen LogP contribution >= 0.6 is 11.3 Å². The van der Waals surface area contributed by atoms with Crippen LogP contribution in [0.2, 0.25) is 0 Å². The molecular formula is C8H11N3S. The molecule has 0 saturated heterocycles. The molecule has 12 heavy (non-hydrogen) atoms. The van der Waals surface area contributed by atoms with E-state index in [-0.39, 0.29) is 0 Å². The van der Waals surface area contributed by atoms with Crippen molar-refractivity contribution in [3.05, 3.63) is 16.6 Å². The molecule has 1 aromatic heterocycles. The molecule has 0 amide bonds. The largest absolute Gasteiger partial charge is 0.308 e. The van der Waals surface area contributed by atoms with E-state index in [0.717, 1.165) is 6.54 Å². The molecule has 0 bridgehead atoms. The van der Waals surface area contributed by atoms with Gasteiger partial charge in [-0.3, -0.25) is 4.98 Å². The molecule has 1 unspecified atom stereocenters. The normalized spacial score (nSPS) is 12.3. The van der Waals surface area contributed by atoms with Gasteiger partial charge in [0.2, 0.25) is 0 Å². The summed E-state index contributed by atoms with van der Waals surface area (Å²) in [7, 11) is 0. The number of nitrogens with zero attached hydrogens (tertiary/aromatic N) is 2. The maximum atomic E-state index is 8.31. The van der Waals surface area contributed by atoms with E-state index in [1.54, 1.807) is 11.3 Å². The van der Waals surface area contributed by atoms with Gasteiger partial charge < -0.3 is 5.32 Å². The zero-order valence-electron chi connectivity index (χ0n) is 6.95. The van der Waals surface area contributed by atoms with Gasteiger partial charge in [-0.1, -0.05) is 0 Å². The summed E-state index contributed by atoms with van der Waals surface area (Å²) in [6.45, 7) is 2.82. The zero-order chi connectivity index (χ0) is 8.81. The summed E-state index contributed by atoms with van der Waals surface area (Å²) < 4.78 is 0. The van der Waals surface area contributed by atoms with E-state index >= 15 is 0 Å². The highest BCUT2D eigenvalue weighted by Crippen LogP contribution is 2.15. The van der Waals surface area contributed by atoms with Crippen LogP contribution in [0.3, 0.4) is 0 Å². The number of hydrogen-bond donors (Lipinski definition) is 1. The first-order valence-corrected chi connectivity index (χ1v) is 4.71. The first-order valence-electron chi connectivity index (χ1n) is 3.83. The van der Waals surface area contributed by atoms with Crippen LogP contribution < -0.4 is 5.32 Å². The first-order chi connectivity index (χ1) is 5.84. The zero-order valence-corrected chi connectivity index (χ0v) is 7.77. The third-order valence-corrected chi connectivity index (χ3v) is 2.52. The SMILES string of the molecule is CC(NCCC#N)c1cncs1. The minimum atomic E-state index is 0.311. The van der Waals surface area contributed by atoms with Gasteiger partial charge >= 0.3 is 0 Å². The van der Waals surface area contributed by atoms with Crippen molar-refractivity contribution < 1.29 is 0 Å². The summed E-state index contributed by atoms with van der Waals surface area (Å²) in [5.41, 5.74) is 1.82. The Morgan fingerprint density at radius 2 is 2.67 bits per heavy atom. The lowest BCUT2D eigenvalue weighted by Gasteiger charge is -2.08. The predicted molar refractivity (Wildman–Crippen MR) is 48.8 cm³/mol. The van der Waals surface area contributed by atoms with Crippen LogP contribution in [0, 0.1) is 11.3 Å². The van der Waals surface area contributed by atoms with Crippen molar-refractivity contribution >= 4 is 11.3 Å². The van der Waals surface area contributed by atoms with E-state index in [1.807, 2.05) is 11.7 Å². The van der Waals surface area contributed by atoms with Crippen molar-refractivity contribution in [1.29, 1.82) is 5.26 Å². The van der Waals surface area contributed by atoms with Crippen molar-refractivity contribution in [3.63, 3.8) is 0 Å². The number of nitriles is 1. The number of thiazole rings is 1. The predicted octanol–water partition coefficient (Wildman–Crippen LogP) is 1.71. The highest BCUT2D eigenvalue weighted by molar-refractivity contribution is 7.09. The van der Waals surface area contributed by atoms with Crippen molar-refractivity contribution in [2.45, 2.75) is 19.4 Å². The molecule has 0 fully saturated rings. The molecule has 0 aliphatic carbocycles. The van der Waals surface area contributed by atoms with E-state index < -0.39 is 0 Å². The highest BCUT2D eigenvalue weighted by atomic mass is 32.1. The van der Waals surface area contributed by atoms with Crippen LogP contribution in [0.4, 0.5) is 0 Å². The average molecular weight is 181 g/mol. The van der Waals surface area contributed by atoms with Crippen molar-refractivity contribution in [1.82, 2.24) is 10.3 Å². The van der Waals surface area contributed by atoms with Gasteiger partial charge in [0.15, 0.2) is 0 Å². The van der Waals surface area contributed by atoms with Crippen molar-refractivity contribution in [2.75, 3.05) is 6.54 Å². The fourth-order valence-electron chi connectivity index (χ4n) is 0.885. The van der Waals surface area contributed by atoms with Crippen LogP contribution in [0.15, 0.2) is 11.7 Å². The Morgan fingerprint density at radius 3 is 3.25 bits per heavy atom. The number of aromatic nitrogens is 1. The smallest absolute Gasteiger partial charge is 0.0794 e. The Kier molecular flexibility index (Phi) is 3.71. The molecule has 0 radical (unpaired) electrons. The molecule has 0 spiro atoms. The van der Waals surface area contributed by atoms with E-state index in [1.165, 1.54) is 4.88 Å². The molecule has 4 heteroatoms. The van der Waals surface area contributed by atoms with Crippen LogP contribution in [-0.2, 0) is 0 Å². The third kappa shape index (κ3) is 2.61. The summed E-state index contributed by atoms with van der Waals surface area (Å²) in [6.07, 6.45) is 2.41. The van der Waals surface area contributed by atoms with Gasteiger partial charge in [-0.15, -0.1) is 11.3 Å². The van der Waals surface area contributed by atoms with E-state index in [4.69, 9.17) is 5.26 Å². The van der Waals surface area contributed by atoms with Crippen molar-refractivity contribution in [3.8, 4) is 6.07 Å². The molecule has 0 aromatic carbocycles. The lowest BCUT2D eigenvalue weighted by Crippen LogP contribution is -2.18. The topological polar surface area (TPSA) is 48.7 Å². The van der Waals surface area contributed by atoms with Gasteiger partial charge in [0.25, 0.3) is 0 Å². The van der Waals surface area contributed by atoms with E-state index in [0.29, 0.717) is 12.5 Å². The molecule has 1 rings (SSSR count). The molecule has 0 aliphatic heterocycles. The van der Waals surface area contributed by atoms with Crippen LogP contribution in [0.25, 0.3) is 0 Å². The van der Waals surface area contributed by atoms with Gasteiger partial charge in [-0.05, 0) is 6.92 Å². The molecule has 1 atom stereocenters. The van der Waals surface area contributed by atoms with Crippen LogP contribution in [0.5, 0.6) is 0 Å². The Balaban J connectivity index is 2.30. The molecule has 0 aliphatic rings. The fourth-order valence-corrected chi connectivity index (χ4v) is 1.54. The van der Waals surface area contributed by atoms with E-state index in [9.17, 15) is 0 Å². The molecule has 3 nitrogen and oxygen atoms in total. The number of hydrogen-bond acceptors (Lipinski definition) is 4. The Hall–Kier alpha value is -0.920. The minimum absolute atomic E-state index is 0.311. The number of nitrogens with one attached hydrogen (secondary N) is 1. The first kappa shape index (κ1) is 9.17. The highest BCUT2D eigenvalue weighted by Gasteiger charge is 2.04. The molecule has 64 valence electrons. The Morgan fingerprint density at radius 1 is 1.83 bits per heavy atom. The maximum Gasteiger partial charge on any atom is 0.0794 e. The quantitative estimate of drug-likeness (QED) is 0.719. The Bertz CT molecular complexity index is 250. The lowest BCUT2D eigenvalue weighted by atomic mass is 10.3. The molecule has 1 heterocycles. The summed E-state index contributed by atoms with van der Waals surface area (Å²) >= 11 is 1.63. The monoisotopic (exact) mass is 181 g/mol. The van der Waals surface area contributed by atoms with Gasteiger partial charge in [-0.2, -0.15) is 5.26 Å². The summed E-state index contributed by atoms with van der Waals surface area (Å²) in [5, 5.41) is 11.5. The second-order valence-electron chi connectivity index (χ2n) is 2.49. The second kappa shape index (κ2) is 4.86. The van der Waals surface area contributed by atoms with Crippen LogP contribution in [0.1, 0.15) is 24.3 Å². The molecule has 1 N–H and O–H groups in total. The standard InChI is InChI=1S/C8H11N3S/c1-7(11-4-2-3-9)8-5-10-6-12-8/h5-7,11H,2,4H2,1H3. The minimum Gasteiger partial charge on any atom is -0.308 e. The van der Waals surface area contributed by atoms with E-state index in [2.05, 4.69) is 23.3 Å². The van der Waals surface area contributed by atoms with Crippen molar-refractivity contribution in [2.24, 2.45) is 0 Å². The third-order valence-electron chi connectivity index (χ3n) is 1.57. The van der Waals surface area contributed by atoms with Gasteiger partial charge in [0, 0.05) is 30.1 Å². The fraction of sp³-hybridized carbons (Fsp3) is 0.500. The number of rotatable bonds is 4. The summed E-state index contributed by atoms with van der Waals surface area (Å²) in [4.78, 5) is 5.20. The molecule has 0 saturated carbocycles.